The molecule has 1 aromatic carbocycles. The van der Waals surface area contributed by atoms with Crippen molar-refractivity contribution in [3.05, 3.63) is 44.6 Å². The zero-order valence-corrected chi connectivity index (χ0v) is 18.3. The van der Waals surface area contributed by atoms with Gasteiger partial charge in [-0.05, 0) is 49.9 Å². The highest BCUT2D eigenvalue weighted by Crippen LogP contribution is 2.40. The summed E-state index contributed by atoms with van der Waals surface area (Å²) < 4.78 is 0.907. The predicted octanol–water partition coefficient (Wildman–Crippen LogP) is 3.92. The number of thiazole rings is 1. The number of fused-ring (bicyclic) bond motifs is 4. The molecule has 9 heteroatoms. The van der Waals surface area contributed by atoms with Gasteiger partial charge in [0.05, 0.1) is 15.6 Å². The van der Waals surface area contributed by atoms with Crippen LogP contribution in [0.2, 0.25) is 0 Å². The Balaban J connectivity index is 1.49. The fourth-order valence-electron chi connectivity index (χ4n) is 4.04. The quantitative estimate of drug-likeness (QED) is 0.503. The molecule has 30 heavy (non-hydrogen) atoms. The second kappa shape index (κ2) is 7.48. The summed E-state index contributed by atoms with van der Waals surface area (Å²) in [5.41, 5.74) is 2.98. The molecule has 1 aliphatic rings. The Morgan fingerprint density at radius 2 is 2.20 bits per heavy atom. The second-order valence-electron chi connectivity index (χ2n) is 7.55. The fraction of sp³-hybridized carbons (Fsp3) is 0.333. The van der Waals surface area contributed by atoms with E-state index >= 15 is 0 Å². The summed E-state index contributed by atoms with van der Waals surface area (Å²) in [7, 11) is 1.87. The van der Waals surface area contributed by atoms with Crippen LogP contribution in [0.25, 0.3) is 20.4 Å². The number of aryl methyl sites for hydroxylation is 1. The number of aromatic nitrogens is 3. The van der Waals surface area contributed by atoms with Crippen LogP contribution in [-0.4, -0.2) is 39.4 Å². The molecule has 3 aromatic heterocycles. The van der Waals surface area contributed by atoms with Crippen LogP contribution < -0.4 is 10.2 Å². The van der Waals surface area contributed by atoms with Gasteiger partial charge in [0.25, 0.3) is 0 Å². The monoisotopic (exact) mass is 439 g/mol. The number of nitrogens with one attached hydrogen (secondary N) is 2. The molecule has 0 unspecified atom stereocenters. The molecule has 5 rings (SSSR count). The Labute approximate surface area is 180 Å². The van der Waals surface area contributed by atoms with Crippen molar-refractivity contribution >= 4 is 60.5 Å². The van der Waals surface area contributed by atoms with Crippen LogP contribution in [0.1, 0.15) is 23.8 Å². The number of aromatic amines is 1. The van der Waals surface area contributed by atoms with Crippen molar-refractivity contribution in [2.75, 3.05) is 18.9 Å². The molecule has 7 nitrogen and oxygen atoms in total. The highest BCUT2D eigenvalue weighted by molar-refractivity contribution is 7.19. The lowest BCUT2D eigenvalue weighted by atomic mass is 9.87. The van der Waals surface area contributed by atoms with E-state index in [1.54, 1.807) is 22.6 Å². The number of nitrogens with zero attached hydrogens (tertiary/aromatic N) is 3. The van der Waals surface area contributed by atoms with Crippen LogP contribution in [0.3, 0.4) is 0 Å². The molecule has 0 saturated carbocycles. The summed E-state index contributed by atoms with van der Waals surface area (Å²) in [5.74, 6) is 1.04. The van der Waals surface area contributed by atoms with Crippen molar-refractivity contribution in [2.24, 2.45) is 5.92 Å². The first-order valence-electron chi connectivity index (χ1n) is 9.93. The fourth-order valence-corrected chi connectivity index (χ4v) is 6.09. The van der Waals surface area contributed by atoms with Crippen LogP contribution in [-0.2, 0) is 17.6 Å². The average Bonchev–Trinajstić information content (AvgIpc) is 3.31. The third kappa shape index (κ3) is 3.27. The van der Waals surface area contributed by atoms with Gasteiger partial charge in [0.1, 0.15) is 17.0 Å². The van der Waals surface area contributed by atoms with Gasteiger partial charge in [-0.2, -0.15) is 0 Å². The minimum absolute atomic E-state index is 0.0404. The normalized spacial score (nSPS) is 16.0. The second-order valence-corrected chi connectivity index (χ2v) is 9.65. The van der Waals surface area contributed by atoms with Crippen LogP contribution in [0, 0.1) is 5.92 Å². The van der Waals surface area contributed by atoms with Crippen LogP contribution in [0.4, 0.5) is 11.5 Å². The van der Waals surface area contributed by atoms with E-state index in [9.17, 15) is 9.59 Å². The smallest absolute Gasteiger partial charge is 0.305 e. The molecule has 154 valence electrons. The maximum atomic E-state index is 12.6. The van der Waals surface area contributed by atoms with E-state index in [2.05, 4.69) is 20.3 Å². The summed E-state index contributed by atoms with van der Waals surface area (Å²) >= 11 is 2.86. The maximum Gasteiger partial charge on any atom is 0.305 e. The van der Waals surface area contributed by atoms with Crippen molar-refractivity contribution in [2.45, 2.75) is 26.2 Å². The van der Waals surface area contributed by atoms with E-state index in [0.717, 1.165) is 57.7 Å². The van der Waals surface area contributed by atoms with Crippen molar-refractivity contribution < 1.29 is 4.79 Å². The molecular weight excluding hydrogens is 418 g/mol. The van der Waals surface area contributed by atoms with E-state index in [1.807, 2.05) is 32.2 Å². The van der Waals surface area contributed by atoms with Crippen molar-refractivity contribution in [1.29, 1.82) is 0 Å². The van der Waals surface area contributed by atoms with E-state index in [1.165, 1.54) is 21.8 Å². The number of hydrogen-bond acceptors (Lipinski definition) is 7. The number of rotatable bonds is 4. The summed E-state index contributed by atoms with van der Waals surface area (Å²) in [6.45, 7) is 2.73. The van der Waals surface area contributed by atoms with Gasteiger partial charge in [0.15, 0.2) is 0 Å². The topological polar surface area (TPSA) is 91.0 Å². The Kier molecular flexibility index (Phi) is 4.79. The van der Waals surface area contributed by atoms with Crippen molar-refractivity contribution in [3.8, 4) is 0 Å². The molecule has 4 aromatic rings. The first kappa shape index (κ1) is 19.2. The van der Waals surface area contributed by atoms with Crippen LogP contribution in [0.5, 0.6) is 0 Å². The number of carbonyl (C=O) groups is 1. The first-order valence-corrected chi connectivity index (χ1v) is 11.6. The lowest BCUT2D eigenvalue weighted by Crippen LogP contribution is -2.35. The summed E-state index contributed by atoms with van der Waals surface area (Å²) in [4.78, 5) is 40.0. The number of benzene rings is 1. The summed E-state index contributed by atoms with van der Waals surface area (Å²) in [5, 5.41) is 4.47. The number of carbonyl (C=O) groups excluding carboxylic acids is 1. The lowest BCUT2D eigenvalue weighted by Gasteiger charge is -2.26. The number of amides is 1. The molecule has 0 spiro atoms. The number of hydrogen-bond donors (Lipinski definition) is 2. The Bertz CT molecular complexity index is 1320. The zero-order valence-electron chi connectivity index (χ0n) is 16.7. The van der Waals surface area contributed by atoms with Gasteiger partial charge in [-0.3, -0.25) is 9.59 Å². The molecular formula is C21H21N5O2S2. The van der Waals surface area contributed by atoms with Gasteiger partial charge >= 0.3 is 4.87 Å². The predicted molar refractivity (Wildman–Crippen MR) is 122 cm³/mol. The molecule has 1 atom stereocenters. The standard InChI is InChI=1S/C21H21N5O2S2/c1-3-26(2)20(27)11-4-6-13-15(8-11)29-19-17(13)18(22-10-23-19)24-12-5-7-14-16(9-12)30-21(28)25-14/h5,7,9-11H,3-4,6,8H2,1-2H3,(H,25,28)(H,22,23,24)/t11-/m1/s1. The average molecular weight is 440 g/mol. The number of H-pyrrole nitrogens is 1. The van der Waals surface area contributed by atoms with E-state index in [-0.39, 0.29) is 16.7 Å². The number of anilines is 2. The van der Waals surface area contributed by atoms with E-state index in [0.29, 0.717) is 0 Å². The molecule has 3 heterocycles. The van der Waals surface area contributed by atoms with Gasteiger partial charge in [-0.25, -0.2) is 9.97 Å². The third-order valence-corrected chi connectivity index (χ3v) is 7.74. The highest BCUT2D eigenvalue weighted by Gasteiger charge is 2.30. The molecule has 0 bridgehead atoms. The Morgan fingerprint density at radius 3 is 3.03 bits per heavy atom. The highest BCUT2D eigenvalue weighted by atomic mass is 32.1. The van der Waals surface area contributed by atoms with Gasteiger partial charge in [-0.1, -0.05) is 11.3 Å². The molecule has 0 fully saturated rings. The van der Waals surface area contributed by atoms with Gasteiger partial charge in [0, 0.05) is 30.1 Å². The maximum absolute atomic E-state index is 12.6. The molecule has 0 saturated heterocycles. The molecule has 1 aliphatic carbocycles. The van der Waals surface area contributed by atoms with Crippen LogP contribution >= 0.6 is 22.7 Å². The molecule has 2 N–H and O–H groups in total. The first-order chi connectivity index (χ1) is 14.5. The summed E-state index contributed by atoms with van der Waals surface area (Å²) in [6, 6.07) is 5.80. The Hall–Kier alpha value is -2.78. The molecule has 0 aliphatic heterocycles. The third-order valence-electron chi connectivity index (χ3n) is 5.73. The van der Waals surface area contributed by atoms with Gasteiger partial charge in [0.2, 0.25) is 5.91 Å². The van der Waals surface area contributed by atoms with Gasteiger partial charge in [-0.15, -0.1) is 11.3 Å². The minimum Gasteiger partial charge on any atom is -0.346 e. The van der Waals surface area contributed by atoms with E-state index in [4.69, 9.17) is 0 Å². The Morgan fingerprint density at radius 1 is 1.33 bits per heavy atom. The van der Waals surface area contributed by atoms with Crippen LogP contribution in [0.15, 0.2) is 29.3 Å². The molecule has 1 amide bonds. The summed E-state index contributed by atoms with van der Waals surface area (Å²) in [6.07, 6.45) is 4.04. The zero-order chi connectivity index (χ0) is 20.8. The van der Waals surface area contributed by atoms with Crippen molar-refractivity contribution in [1.82, 2.24) is 19.9 Å². The largest absolute Gasteiger partial charge is 0.346 e. The minimum atomic E-state index is -0.0590. The van der Waals surface area contributed by atoms with E-state index < -0.39 is 0 Å². The molecule has 0 radical (unpaired) electrons. The van der Waals surface area contributed by atoms with Crippen molar-refractivity contribution in [3.63, 3.8) is 0 Å². The van der Waals surface area contributed by atoms with Gasteiger partial charge < -0.3 is 15.2 Å². The number of thiophene rings is 1. The SMILES string of the molecule is CCN(C)C(=O)[C@@H]1CCc2c(sc3ncnc(Nc4ccc5[nH]c(=O)sc5c4)c23)C1. The lowest BCUT2D eigenvalue weighted by molar-refractivity contribution is -0.134.